The molecule has 1 aromatic heterocycles. The lowest BCUT2D eigenvalue weighted by atomic mass is 10.1. The molecule has 0 aliphatic carbocycles. The Morgan fingerprint density at radius 2 is 0.859 bits per heavy atom. The number of thioether (sulfide) groups is 1. The summed E-state index contributed by atoms with van der Waals surface area (Å²) in [4.78, 5) is 150. The van der Waals surface area contributed by atoms with E-state index in [9.17, 15) is 72.1 Å². The third-order valence-corrected chi connectivity index (χ3v) is 22.2. The van der Waals surface area contributed by atoms with Crippen molar-refractivity contribution in [1.82, 2.24) is 30.9 Å². The standard InChI is InChI=1S/C46H85N3O21S.C31H42FIN4O11.C12H22O7.C7H16O4/c1-4-39(37-50)70-45(56-3)38-69-44(54)7-5-6-42(52)48-9-35-71-40-36-43(53)49(46(40)55)10-12-58-14-16-60-18-20-62-22-24-64-26-28-66-30-32-68-34-33-67-31-29-65-27-25-63-23-21-61-19-17-59-15-13-57-11-8-41(51)47-2;1-6-21(16-38)48-27(44-5)17-46-26(40)9-7-8-25(39)34-19(3)31(43)45-12-13-47-36-29(41)22-14-18(2)30(42)37(4)28(22)35-24-11-10-20(33)15-23(24)32;1-3-9(7-13)19-12(17-2)8-18-11(16)6-4-5-10(14)15;1-3-6(4-8)11-7(5-9)10-2/h39-40,45,50H,4-38H2,1-3H3,(H,47,51)(H,48,52);10-11,14-15,19,21,27,35,38H,6-9,12-13,16-17H2,1-5H3,(H,34,39)(H,36,41);9,12-13H,3-8H2,1-2H3,(H,14,15);6-9H,3-5H2,1-2H3. The topological polar surface area (TPSA) is 625 Å². The maximum Gasteiger partial charge on any atom is 0.328 e. The number of aromatic nitrogens is 1. The molecule has 0 radical (unpaired) electrons. The molecule has 10 atom stereocenters. The van der Waals surface area contributed by atoms with E-state index < -0.39 is 96.1 Å². The molecule has 1 saturated heterocycles. The number of carbonyl (C=O) groups is 11. The quantitative estimate of drug-likeness (QED) is 0.00861. The Hall–Kier alpha value is -7.69. The number of amides is 6. The number of methoxy groups -OCH3 is 4. The number of nitrogens with zero attached hydrogens (tertiary/aromatic N) is 2. The van der Waals surface area contributed by atoms with Gasteiger partial charge in [0.1, 0.15) is 50.7 Å². The second-order valence-corrected chi connectivity index (χ2v) is 34.3. The molecule has 0 bridgehead atoms. The van der Waals surface area contributed by atoms with E-state index in [1.54, 1.807) is 13.1 Å². The van der Waals surface area contributed by atoms with E-state index in [1.807, 2.05) is 50.3 Å². The first-order valence-corrected chi connectivity index (χ1v) is 51.6. The molecule has 53 heteroatoms. The molecule has 1 aromatic carbocycles. The Kier molecular flexibility index (Phi) is 90.1. The fraction of sp³-hybridized carbons (Fsp3) is 0.771. The van der Waals surface area contributed by atoms with Gasteiger partial charge in [-0.15, -0.1) is 11.8 Å². The number of aliphatic hydroxyl groups is 5. The minimum absolute atomic E-state index is 0.00508. The Morgan fingerprint density at radius 1 is 0.477 bits per heavy atom. The first-order chi connectivity index (χ1) is 71.9. The van der Waals surface area contributed by atoms with Crippen LogP contribution in [0.4, 0.5) is 15.9 Å². The molecule has 11 N–H and O–H groups in total. The predicted octanol–water partition coefficient (Wildman–Crippen LogP) is 2.42. The fourth-order valence-electron chi connectivity index (χ4n) is 11.7. The molecule has 6 amide bonds. The number of anilines is 2. The molecule has 10 unspecified atom stereocenters. The normalized spacial score (nSPS) is 14.1. The van der Waals surface area contributed by atoms with Crippen LogP contribution in [0.5, 0.6) is 0 Å². The van der Waals surface area contributed by atoms with Crippen molar-refractivity contribution in [3.8, 4) is 0 Å². The van der Waals surface area contributed by atoms with E-state index in [-0.39, 0.29) is 201 Å². The highest BCUT2D eigenvalue weighted by atomic mass is 127. The van der Waals surface area contributed by atoms with Gasteiger partial charge in [0.25, 0.3) is 11.5 Å². The molecular formula is C96H165FIN7O43S. The molecule has 1 fully saturated rings. The highest BCUT2D eigenvalue weighted by Crippen LogP contribution is 2.27. The van der Waals surface area contributed by atoms with Gasteiger partial charge in [-0.2, -0.15) is 0 Å². The summed E-state index contributed by atoms with van der Waals surface area (Å²) in [5.74, 6) is -5.36. The van der Waals surface area contributed by atoms with E-state index in [2.05, 4.69) is 26.7 Å². The van der Waals surface area contributed by atoms with Crippen LogP contribution < -0.4 is 32.3 Å². The number of ether oxygens (including phenoxy) is 24. The highest BCUT2D eigenvalue weighted by Gasteiger charge is 2.39. The number of benzene rings is 1. The lowest BCUT2D eigenvalue weighted by molar-refractivity contribution is -0.194. The van der Waals surface area contributed by atoms with Crippen LogP contribution in [-0.2, 0) is 174 Å². The van der Waals surface area contributed by atoms with Crippen molar-refractivity contribution in [3.63, 3.8) is 0 Å². The van der Waals surface area contributed by atoms with Gasteiger partial charge in [-0.05, 0) is 106 Å². The number of rotatable bonds is 91. The first-order valence-electron chi connectivity index (χ1n) is 49.5. The number of nitrogens with one attached hydrogen (secondary N) is 5. The summed E-state index contributed by atoms with van der Waals surface area (Å²) in [5.41, 5.74) is 2.15. The smallest absolute Gasteiger partial charge is 0.328 e. The third-order valence-electron chi connectivity index (χ3n) is 20.3. The Labute approximate surface area is 889 Å². The molecule has 3 rings (SSSR count). The minimum atomic E-state index is -0.999. The van der Waals surface area contributed by atoms with Gasteiger partial charge in [-0.1, -0.05) is 27.7 Å². The SMILES string of the molecule is CCC(CO)OC(CO)OC.CCC(CO)OC(COC(=O)CCCC(=O)NC(C)C(=O)OCCONC(=O)c1cc(C)c(=O)n(C)c1Nc1ccc(I)cc1F)OC.CCC(CO)OC(COC(=O)CCCC(=O)NCCSC1CC(=O)N(CCOCCOCCOCCOCCOCCOCCOCCOCCOCCOCCOCCOCCC(=O)NC)C1=O)OC.CCC(CO)OC(COC(=O)CCCC(=O)O)OC. The Balaban J connectivity index is 0.00000238. The summed E-state index contributed by atoms with van der Waals surface area (Å²) in [5, 5.41) is 63.3. The van der Waals surface area contributed by atoms with Gasteiger partial charge in [0.2, 0.25) is 29.5 Å². The number of esters is 4. The molecule has 2 heterocycles. The molecular weight excluding hydrogens is 2120 g/mol. The number of likely N-dealkylation sites (tertiary alicyclic amines) is 1. The van der Waals surface area contributed by atoms with Gasteiger partial charge < -0.3 is 166 Å². The number of aryl methyl sites for hydroxylation is 1. The van der Waals surface area contributed by atoms with Crippen molar-refractivity contribution >= 4 is 111 Å². The maximum atomic E-state index is 14.5. The molecule has 862 valence electrons. The van der Waals surface area contributed by atoms with Crippen LogP contribution in [0.25, 0.3) is 0 Å². The van der Waals surface area contributed by atoms with Crippen LogP contribution in [0.2, 0.25) is 0 Å². The molecule has 1 aliphatic rings. The number of carbonyl (C=O) groups excluding carboxylic acids is 10. The number of carboxylic acids is 1. The lowest BCUT2D eigenvalue weighted by Gasteiger charge is -2.21. The maximum absolute atomic E-state index is 14.5. The van der Waals surface area contributed by atoms with E-state index in [0.29, 0.717) is 206 Å². The van der Waals surface area contributed by atoms with E-state index in [0.717, 1.165) is 0 Å². The number of halogens is 2. The minimum Gasteiger partial charge on any atom is -0.481 e. The van der Waals surface area contributed by atoms with Crippen molar-refractivity contribution in [2.24, 2.45) is 7.05 Å². The van der Waals surface area contributed by atoms with Gasteiger partial charge >= 0.3 is 29.8 Å². The molecule has 50 nitrogen and oxygen atoms in total. The fourth-order valence-corrected chi connectivity index (χ4v) is 13.2. The van der Waals surface area contributed by atoms with Gasteiger partial charge in [0, 0.05) is 115 Å². The molecule has 149 heavy (non-hydrogen) atoms. The molecule has 2 aromatic rings. The van der Waals surface area contributed by atoms with E-state index in [4.69, 9.17) is 139 Å². The van der Waals surface area contributed by atoms with Gasteiger partial charge in [-0.3, -0.25) is 67.0 Å². The van der Waals surface area contributed by atoms with Crippen LogP contribution in [0.1, 0.15) is 147 Å². The molecule has 0 saturated carbocycles. The molecule has 0 spiro atoms. The summed E-state index contributed by atoms with van der Waals surface area (Å²) in [6, 6.07) is 4.78. The van der Waals surface area contributed by atoms with Crippen molar-refractivity contribution in [2.45, 2.75) is 199 Å². The third kappa shape index (κ3) is 74.1. The largest absolute Gasteiger partial charge is 0.481 e. The second kappa shape index (κ2) is 95.0. The van der Waals surface area contributed by atoms with Crippen LogP contribution in [0.15, 0.2) is 29.1 Å². The van der Waals surface area contributed by atoms with Crippen molar-refractivity contribution in [2.75, 3.05) is 284 Å². The van der Waals surface area contributed by atoms with Crippen molar-refractivity contribution in [3.05, 3.63) is 55.1 Å². The van der Waals surface area contributed by atoms with Gasteiger partial charge in [0.15, 0.2) is 25.2 Å². The summed E-state index contributed by atoms with van der Waals surface area (Å²) < 4.78 is 144. The number of hydroxylamine groups is 1. The van der Waals surface area contributed by atoms with Crippen LogP contribution in [0, 0.1) is 16.3 Å². The van der Waals surface area contributed by atoms with E-state index >= 15 is 0 Å². The highest BCUT2D eigenvalue weighted by molar-refractivity contribution is 14.1. The zero-order valence-corrected chi connectivity index (χ0v) is 91.2. The summed E-state index contributed by atoms with van der Waals surface area (Å²) >= 11 is 3.27. The zero-order valence-electron chi connectivity index (χ0n) is 88.2. The number of hydrogen-bond donors (Lipinski definition) is 11. The van der Waals surface area contributed by atoms with Crippen LogP contribution in [-0.4, -0.2) is 445 Å². The summed E-state index contributed by atoms with van der Waals surface area (Å²) in [6.07, 6.45) is -0.818. The number of hydrogen-bond acceptors (Lipinski definition) is 44. The molecule has 1 aliphatic heterocycles. The summed E-state index contributed by atoms with van der Waals surface area (Å²) in [6.45, 7) is 19.4. The van der Waals surface area contributed by atoms with Crippen molar-refractivity contribution in [1.29, 1.82) is 0 Å². The number of aliphatic hydroxyl groups excluding tert-OH is 5. The van der Waals surface area contributed by atoms with E-state index in [1.165, 1.54) is 88.8 Å². The van der Waals surface area contributed by atoms with Crippen LogP contribution in [0.3, 0.4) is 0 Å². The summed E-state index contributed by atoms with van der Waals surface area (Å²) in [7, 11) is 8.69. The number of imide groups is 1. The Morgan fingerprint density at radius 3 is 1.23 bits per heavy atom. The Bertz CT molecular complexity index is 3890. The predicted molar refractivity (Wildman–Crippen MR) is 541 cm³/mol. The lowest BCUT2D eigenvalue weighted by Crippen LogP contribution is -2.40. The monoisotopic (exact) mass is 2280 g/mol. The second-order valence-electron chi connectivity index (χ2n) is 31.8. The number of carboxylic acid groups (broad SMARTS) is 1. The van der Waals surface area contributed by atoms with Gasteiger partial charge in [-0.25, -0.2) is 14.7 Å². The average molecular weight is 2280 g/mol. The number of pyridine rings is 1. The van der Waals surface area contributed by atoms with Crippen LogP contribution >= 0.6 is 34.4 Å². The average Bonchev–Trinajstić information content (AvgIpc) is 1.56. The van der Waals surface area contributed by atoms with Crippen molar-refractivity contribution < 1.29 is 206 Å². The number of aliphatic carboxylic acids is 1. The van der Waals surface area contributed by atoms with Gasteiger partial charge in [0.05, 0.1) is 239 Å². The first kappa shape index (κ1) is 141. The zero-order chi connectivity index (χ0) is 111.